The van der Waals surface area contributed by atoms with Gasteiger partial charge in [-0.05, 0) is 30.3 Å². The summed E-state index contributed by atoms with van der Waals surface area (Å²) >= 11 is 0. The fourth-order valence-electron chi connectivity index (χ4n) is 3.10. The number of esters is 1. The second kappa shape index (κ2) is 7.80. The molecule has 4 rings (SSSR count). The molecule has 0 saturated carbocycles. The molecule has 0 aliphatic heterocycles. The number of ether oxygens (including phenoxy) is 1. The van der Waals surface area contributed by atoms with Gasteiger partial charge >= 0.3 is 5.97 Å². The van der Waals surface area contributed by atoms with Crippen molar-refractivity contribution in [2.75, 3.05) is 12.1 Å². The molecule has 138 valence electrons. The zero-order valence-corrected chi connectivity index (χ0v) is 15.4. The van der Waals surface area contributed by atoms with Crippen LogP contribution in [0.15, 0.2) is 90.0 Å². The van der Waals surface area contributed by atoms with Crippen LogP contribution in [0.1, 0.15) is 16.1 Å². The predicted molar refractivity (Wildman–Crippen MR) is 112 cm³/mol. The van der Waals surface area contributed by atoms with E-state index < -0.39 is 5.97 Å². The van der Waals surface area contributed by atoms with Crippen molar-refractivity contribution < 1.29 is 9.53 Å². The topological polar surface area (TPSA) is 57.7 Å². The van der Waals surface area contributed by atoms with Gasteiger partial charge in [0.2, 0.25) is 0 Å². The Morgan fingerprint density at radius 2 is 1.46 bits per heavy atom. The minimum Gasteiger partial charge on any atom is -0.464 e. The number of methoxy groups -OCH3 is 1. The zero-order valence-electron chi connectivity index (χ0n) is 15.4. The van der Waals surface area contributed by atoms with E-state index in [1.54, 1.807) is 6.21 Å². The maximum atomic E-state index is 12.3. The van der Waals surface area contributed by atoms with E-state index in [1.165, 1.54) is 7.11 Å². The maximum absolute atomic E-state index is 12.3. The molecular weight excluding hydrogens is 350 g/mol. The molecule has 0 fully saturated rings. The smallest absolute Gasteiger partial charge is 0.355 e. The number of hydrogen-bond donors (Lipinski definition) is 1. The zero-order chi connectivity index (χ0) is 19.3. The lowest BCUT2D eigenvalue weighted by Crippen LogP contribution is -2.10. The number of nitrogens with zero attached hydrogens (tertiary/aromatic N) is 2. The van der Waals surface area contributed by atoms with Crippen LogP contribution in [0.3, 0.4) is 0 Å². The van der Waals surface area contributed by atoms with Crippen molar-refractivity contribution >= 4 is 34.5 Å². The van der Waals surface area contributed by atoms with Gasteiger partial charge in [-0.1, -0.05) is 54.6 Å². The molecule has 0 aliphatic rings. The summed E-state index contributed by atoms with van der Waals surface area (Å²) in [6.07, 6.45) is 1.70. The minimum absolute atomic E-state index is 0.383. The van der Waals surface area contributed by atoms with Crippen molar-refractivity contribution in [3.63, 3.8) is 0 Å². The molecule has 1 aromatic heterocycles. The van der Waals surface area contributed by atoms with E-state index in [0.29, 0.717) is 11.3 Å². The molecule has 1 N–H and O–H groups in total. The second-order valence-corrected chi connectivity index (χ2v) is 6.18. The number of anilines is 2. The summed E-state index contributed by atoms with van der Waals surface area (Å²) in [6.45, 7) is 0. The van der Waals surface area contributed by atoms with Crippen molar-refractivity contribution in [2.45, 2.75) is 0 Å². The number of carbonyl (C=O) groups is 1. The molecule has 0 unspecified atom stereocenters. The van der Waals surface area contributed by atoms with E-state index in [9.17, 15) is 4.79 Å². The van der Waals surface area contributed by atoms with Crippen LogP contribution in [-0.2, 0) is 4.74 Å². The average molecular weight is 369 g/mol. The Bertz CT molecular complexity index is 1080. The van der Waals surface area contributed by atoms with E-state index in [0.717, 1.165) is 22.3 Å². The predicted octanol–water partition coefficient (Wildman–Crippen LogP) is 5.13. The standard InChI is InChI=1S/C23H19N3O2/c1-28-23(27)22-20(19-14-8-9-15-21(19)25-22)16-24-26(17-10-4-2-5-11-17)18-12-6-3-7-13-18/h2-16,25H,1H3/b24-16+. The first kappa shape index (κ1) is 17.5. The van der Waals surface area contributed by atoms with Gasteiger partial charge in [0.1, 0.15) is 5.69 Å². The van der Waals surface area contributed by atoms with Crippen LogP contribution in [0, 0.1) is 0 Å². The summed E-state index contributed by atoms with van der Waals surface area (Å²) in [4.78, 5) is 15.4. The third kappa shape index (κ3) is 3.38. The molecule has 0 aliphatic carbocycles. The average Bonchev–Trinajstić information content (AvgIpc) is 3.13. The Labute approximate surface area is 162 Å². The number of para-hydroxylation sites is 3. The second-order valence-electron chi connectivity index (χ2n) is 6.18. The molecule has 0 saturated heterocycles. The number of benzene rings is 3. The lowest BCUT2D eigenvalue weighted by molar-refractivity contribution is 0.0595. The number of rotatable bonds is 5. The molecule has 28 heavy (non-hydrogen) atoms. The molecule has 0 spiro atoms. The quantitative estimate of drug-likeness (QED) is 0.301. The van der Waals surface area contributed by atoms with Gasteiger partial charge in [0.25, 0.3) is 0 Å². The van der Waals surface area contributed by atoms with E-state index in [1.807, 2.05) is 89.9 Å². The number of H-pyrrole nitrogens is 1. The summed E-state index contributed by atoms with van der Waals surface area (Å²) in [5.41, 5.74) is 3.77. The monoisotopic (exact) mass is 369 g/mol. The number of carbonyl (C=O) groups excluding carboxylic acids is 1. The summed E-state index contributed by atoms with van der Waals surface area (Å²) < 4.78 is 4.94. The first-order chi connectivity index (χ1) is 13.8. The van der Waals surface area contributed by atoms with Crippen molar-refractivity contribution in [2.24, 2.45) is 5.10 Å². The summed E-state index contributed by atoms with van der Waals surface area (Å²) in [7, 11) is 1.37. The van der Waals surface area contributed by atoms with Crippen molar-refractivity contribution in [3.05, 3.63) is 96.2 Å². The number of hydrazone groups is 1. The lowest BCUT2D eigenvalue weighted by atomic mass is 10.1. The Hall–Kier alpha value is -3.86. The number of hydrogen-bond acceptors (Lipinski definition) is 4. The van der Waals surface area contributed by atoms with E-state index in [-0.39, 0.29) is 0 Å². The van der Waals surface area contributed by atoms with Gasteiger partial charge < -0.3 is 9.72 Å². The molecule has 4 aromatic rings. The van der Waals surface area contributed by atoms with Gasteiger partial charge in [0.15, 0.2) is 0 Å². The van der Waals surface area contributed by atoms with Gasteiger partial charge in [-0.15, -0.1) is 0 Å². The molecule has 1 heterocycles. The van der Waals surface area contributed by atoms with Crippen LogP contribution in [-0.4, -0.2) is 24.3 Å². The van der Waals surface area contributed by atoms with Gasteiger partial charge in [-0.2, -0.15) is 5.10 Å². The molecule has 0 radical (unpaired) electrons. The van der Waals surface area contributed by atoms with Gasteiger partial charge in [-0.25, -0.2) is 9.80 Å². The highest BCUT2D eigenvalue weighted by Gasteiger charge is 2.17. The Balaban J connectivity index is 1.82. The molecule has 0 atom stereocenters. The normalized spacial score (nSPS) is 11.0. The largest absolute Gasteiger partial charge is 0.464 e. The fourth-order valence-corrected chi connectivity index (χ4v) is 3.10. The number of aromatic nitrogens is 1. The Morgan fingerprint density at radius 3 is 2.07 bits per heavy atom. The third-order valence-corrected chi connectivity index (χ3v) is 4.44. The van der Waals surface area contributed by atoms with Gasteiger partial charge in [0.05, 0.1) is 24.7 Å². The molecule has 0 bridgehead atoms. The fraction of sp³-hybridized carbons (Fsp3) is 0.0435. The highest BCUT2D eigenvalue weighted by atomic mass is 16.5. The Kier molecular flexibility index (Phi) is 4.89. The third-order valence-electron chi connectivity index (χ3n) is 4.44. The lowest BCUT2D eigenvalue weighted by Gasteiger charge is -2.19. The SMILES string of the molecule is COC(=O)c1[nH]c2ccccc2c1/C=N/N(c1ccccc1)c1ccccc1. The van der Waals surface area contributed by atoms with Gasteiger partial charge in [-0.3, -0.25) is 0 Å². The highest BCUT2D eigenvalue weighted by Crippen LogP contribution is 2.26. The van der Waals surface area contributed by atoms with Crippen molar-refractivity contribution in [1.82, 2.24) is 4.98 Å². The van der Waals surface area contributed by atoms with Crippen LogP contribution in [0.2, 0.25) is 0 Å². The number of aromatic amines is 1. The number of fused-ring (bicyclic) bond motifs is 1. The van der Waals surface area contributed by atoms with Crippen LogP contribution >= 0.6 is 0 Å². The molecule has 3 aromatic carbocycles. The summed E-state index contributed by atoms with van der Waals surface area (Å²) in [5.74, 6) is -0.427. The van der Waals surface area contributed by atoms with E-state index >= 15 is 0 Å². The first-order valence-electron chi connectivity index (χ1n) is 8.91. The first-order valence-corrected chi connectivity index (χ1v) is 8.91. The van der Waals surface area contributed by atoms with Crippen LogP contribution < -0.4 is 5.01 Å². The molecule has 0 amide bonds. The maximum Gasteiger partial charge on any atom is 0.355 e. The van der Waals surface area contributed by atoms with Crippen molar-refractivity contribution in [1.29, 1.82) is 0 Å². The van der Waals surface area contributed by atoms with E-state index in [2.05, 4.69) is 4.98 Å². The highest BCUT2D eigenvalue weighted by molar-refractivity contribution is 6.09. The molecule has 5 nitrogen and oxygen atoms in total. The van der Waals surface area contributed by atoms with Gasteiger partial charge in [0, 0.05) is 16.5 Å². The minimum atomic E-state index is -0.427. The molecular formula is C23H19N3O2. The number of nitrogens with one attached hydrogen (secondary N) is 1. The van der Waals surface area contributed by atoms with Crippen LogP contribution in [0.5, 0.6) is 0 Å². The van der Waals surface area contributed by atoms with Crippen LogP contribution in [0.25, 0.3) is 10.9 Å². The summed E-state index contributed by atoms with van der Waals surface area (Å²) in [5, 5.41) is 7.46. The molecule has 5 heteroatoms. The van der Waals surface area contributed by atoms with Crippen LogP contribution in [0.4, 0.5) is 11.4 Å². The Morgan fingerprint density at radius 1 is 0.893 bits per heavy atom. The van der Waals surface area contributed by atoms with Crippen molar-refractivity contribution in [3.8, 4) is 0 Å². The summed E-state index contributed by atoms with van der Waals surface area (Å²) in [6, 6.07) is 27.5. The van der Waals surface area contributed by atoms with E-state index in [4.69, 9.17) is 9.84 Å².